The van der Waals surface area contributed by atoms with E-state index in [1.165, 1.54) is 50.8 Å². The number of aryl methyl sites for hydroxylation is 2. The molecule has 5 heteroatoms. The highest BCUT2D eigenvalue weighted by Crippen LogP contribution is 2.29. The van der Waals surface area contributed by atoms with Crippen LogP contribution in [0.4, 0.5) is 5.82 Å². The van der Waals surface area contributed by atoms with Crippen LogP contribution in [0.25, 0.3) is 21.9 Å². The second kappa shape index (κ2) is 12.0. The zero-order chi connectivity index (χ0) is 24.7. The van der Waals surface area contributed by atoms with E-state index in [4.69, 9.17) is 10.7 Å². The number of nitrogens with zero attached hydrogens (tertiary/aromatic N) is 3. The highest BCUT2D eigenvalue weighted by atomic mass is 15.1. The molecule has 0 radical (unpaired) electrons. The van der Waals surface area contributed by atoms with Crippen molar-refractivity contribution >= 4 is 27.8 Å². The number of aromatic amines is 1. The SMILES string of the molecule is CCCCc1nc2c(N)nc3cc(CCCCCN(C)CC(C)(C)CC(C)CC)ccc3c2[nH]1. The molecule has 1 unspecified atom stereocenters. The average molecular weight is 466 g/mol. The smallest absolute Gasteiger partial charge is 0.152 e. The summed E-state index contributed by atoms with van der Waals surface area (Å²) in [5.74, 6) is 2.34. The van der Waals surface area contributed by atoms with Crippen LogP contribution in [0.15, 0.2) is 18.2 Å². The molecule has 0 aliphatic rings. The quantitative estimate of drug-likeness (QED) is 0.248. The van der Waals surface area contributed by atoms with E-state index in [-0.39, 0.29) is 0 Å². The molecule has 3 rings (SSSR count). The van der Waals surface area contributed by atoms with E-state index in [0.29, 0.717) is 11.2 Å². The van der Waals surface area contributed by atoms with Crippen LogP contribution in [-0.2, 0) is 12.8 Å². The van der Waals surface area contributed by atoms with Crippen molar-refractivity contribution in [3.8, 4) is 0 Å². The van der Waals surface area contributed by atoms with Crippen molar-refractivity contribution in [3.05, 3.63) is 29.6 Å². The molecule has 2 aromatic heterocycles. The zero-order valence-electron chi connectivity index (χ0n) is 22.5. The molecular formula is C29H47N5. The minimum atomic E-state index is 0.390. The number of H-pyrrole nitrogens is 1. The van der Waals surface area contributed by atoms with E-state index in [9.17, 15) is 0 Å². The fourth-order valence-electron chi connectivity index (χ4n) is 5.33. The van der Waals surface area contributed by atoms with Crippen LogP contribution in [0.2, 0.25) is 0 Å². The Hall–Kier alpha value is -2.14. The van der Waals surface area contributed by atoms with E-state index in [1.807, 2.05) is 0 Å². The largest absolute Gasteiger partial charge is 0.382 e. The summed E-state index contributed by atoms with van der Waals surface area (Å²) in [5, 5.41) is 1.12. The molecule has 34 heavy (non-hydrogen) atoms. The summed E-state index contributed by atoms with van der Waals surface area (Å²) in [6.07, 6.45) is 10.6. The lowest BCUT2D eigenvalue weighted by atomic mass is 9.82. The Kier molecular flexibility index (Phi) is 9.35. The van der Waals surface area contributed by atoms with Crippen LogP contribution in [0.1, 0.15) is 91.0 Å². The number of nitrogen functional groups attached to an aromatic ring is 1. The van der Waals surface area contributed by atoms with Gasteiger partial charge in [-0.05, 0) is 68.7 Å². The second-order valence-electron chi connectivity index (χ2n) is 11.3. The van der Waals surface area contributed by atoms with Crippen LogP contribution in [0.3, 0.4) is 0 Å². The van der Waals surface area contributed by atoms with Gasteiger partial charge in [-0.1, -0.05) is 66.0 Å². The molecule has 2 heterocycles. The maximum Gasteiger partial charge on any atom is 0.152 e. The van der Waals surface area contributed by atoms with Gasteiger partial charge in [-0.2, -0.15) is 0 Å². The van der Waals surface area contributed by atoms with Crippen molar-refractivity contribution in [1.29, 1.82) is 0 Å². The number of nitrogens with one attached hydrogen (secondary N) is 1. The van der Waals surface area contributed by atoms with Crippen molar-refractivity contribution in [2.24, 2.45) is 11.3 Å². The van der Waals surface area contributed by atoms with Gasteiger partial charge in [-0.25, -0.2) is 9.97 Å². The molecule has 5 nitrogen and oxygen atoms in total. The second-order valence-corrected chi connectivity index (χ2v) is 11.3. The fourth-order valence-corrected chi connectivity index (χ4v) is 5.33. The monoisotopic (exact) mass is 465 g/mol. The maximum atomic E-state index is 6.26. The Labute approximate surface area is 206 Å². The molecule has 1 aromatic carbocycles. The summed E-state index contributed by atoms with van der Waals surface area (Å²) in [6, 6.07) is 6.64. The van der Waals surface area contributed by atoms with Crippen LogP contribution in [0.5, 0.6) is 0 Å². The Morgan fingerprint density at radius 2 is 1.85 bits per heavy atom. The minimum Gasteiger partial charge on any atom is -0.382 e. The first-order valence-electron chi connectivity index (χ1n) is 13.5. The number of unbranched alkanes of at least 4 members (excludes halogenated alkanes) is 3. The molecular weight excluding hydrogens is 418 g/mol. The number of pyridine rings is 1. The highest BCUT2D eigenvalue weighted by molar-refractivity contribution is 6.06. The molecule has 3 N–H and O–H groups in total. The molecule has 0 spiro atoms. The van der Waals surface area contributed by atoms with E-state index in [2.05, 4.69) is 74.7 Å². The number of aromatic nitrogens is 3. The zero-order valence-corrected chi connectivity index (χ0v) is 22.5. The van der Waals surface area contributed by atoms with Gasteiger partial charge in [0.05, 0.1) is 11.0 Å². The normalized spacial score (nSPS) is 13.4. The van der Waals surface area contributed by atoms with Crippen LogP contribution in [0, 0.1) is 11.3 Å². The van der Waals surface area contributed by atoms with Crippen LogP contribution < -0.4 is 5.73 Å². The van der Waals surface area contributed by atoms with Crippen molar-refractivity contribution < 1.29 is 0 Å². The molecule has 0 fully saturated rings. The first-order valence-corrected chi connectivity index (χ1v) is 13.5. The number of anilines is 1. The van der Waals surface area contributed by atoms with Crippen molar-refractivity contribution in [1.82, 2.24) is 19.9 Å². The Morgan fingerprint density at radius 1 is 1.06 bits per heavy atom. The number of hydrogen-bond acceptors (Lipinski definition) is 4. The van der Waals surface area contributed by atoms with Gasteiger partial charge < -0.3 is 15.6 Å². The predicted molar refractivity (Wildman–Crippen MR) is 147 cm³/mol. The van der Waals surface area contributed by atoms with Gasteiger partial charge in [0.25, 0.3) is 0 Å². The molecule has 0 saturated carbocycles. The lowest BCUT2D eigenvalue weighted by Crippen LogP contribution is -2.33. The van der Waals surface area contributed by atoms with E-state index >= 15 is 0 Å². The lowest BCUT2D eigenvalue weighted by molar-refractivity contribution is 0.173. The van der Waals surface area contributed by atoms with Crippen molar-refractivity contribution in [3.63, 3.8) is 0 Å². The Morgan fingerprint density at radius 3 is 2.59 bits per heavy atom. The summed E-state index contributed by atoms with van der Waals surface area (Å²) < 4.78 is 0. The Bertz CT molecular complexity index is 1050. The first-order chi connectivity index (χ1) is 16.2. The van der Waals surface area contributed by atoms with Crippen LogP contribution in [-0.4, -0.2) is 40.0 Å². The number of fused-ring (bicyclic) bond motifs is 3. The Balaban J connectivity index is 1.51. The molecule has 0 aliphatic heterocycles. The van der Waals surface area contributed by atoms with Gasteiger partial charge in [-0.15, -0.1) is 0 Å². The van der Waals surface area contributed by atoms with Gasteiger partial charge in [-0.3, -0.25) is 0 Å². The molecule has 0 amide bonds. The van der Waals surface area contributed by atoms with Gasteiger partial charge in [0.15, 0.2) is 5.82 Å². The van der Waals surface area contributed by atoms with E-state index in [0.717, 1.165) is 59.4 Å². The third-order valence-corrected chi connectivity index (χ3v) is 7.14. The molecule has 188 valence electrons. The number of hydrogen-bond donors (Lipinski definition) is 2. The molecule has 3 aromatic rings. The predicted octanol–water partition coefficient (Wildman–Crippen LogP) is 7.14. The summed E-state index contributed by atoms with van der Waals surface area (Å²) in [4.78, 5) is 15.4. The molecule has 0 bridgehead atoms. The summed E-state index contributed by atoms with van der Waals surface area (Å²) >= 11 is 0. The molecule has 0 saturated heterocycles. The standard InChI is InChI=1S/C29H47N5/c1-7-9-14-25-32-26-23-16-15-22(18-24(23)31-28(30)27(26)33-25)13-11-10-12-17-34(6)20-29(4,5)19-21(3)8-2/h15-16,18,21H,7-14,17,19-20H2,1-6H3,(H2,30,31)(H,32,33). The summed E-state index contributed by atoms with van der Waals surface area (Å²) in [5.41, 5.74) is 10.8. The van der Waals surface area contributed by atoms with E-state index < -0.39 is 0 Å². The number of nitrogens with two attached hydrogens (primary N) is 1. The topological polar surface area (TPSA) is 70.8 Å². The van der Waals surface area contributed by atoms with Gasteiger partial charge in [0.1, 0.15) is 11.3 Å². The van der Waals surface area contributed by atoms with Crippen molar-refractivity contribution in [2.45, 2.75) is 92.4 Å². The average Bonchev–Trinajstić information content (AvgIpc) is 3.21. The fraction of sp³-hybridized carbons (Fsp3) is 0.655. The summed E-state index contributed by atoms with van der Waals surface area (Å²) in [7, 11) is 2.28. The lowest BCUT2D eigenvalue weighted by Gasteiger charge is -2.32. The third-order valence-electron chi connectivity index (χ3n) is 7.14. The minimum absolute atomic E-state index is 0.390. The van der Waals surface area contributed by atoms with Crippen molar-refractivity contribution in [2.75, 3.05) is 25.9 Å². The third kappa shape index (κ3) is 7.18. The van der Waals surface area contributed by atoms with Gasteiger partial charge in [0, 0.05) is 18.4 Å². The maximum absolute atomic E-state index is 6.26. The van der Waals surface area contributed by atoms with Gasteiger partial charge in [0.2, 0.25) is 0 Å². The highest BCUT2D eigenvalue weighted by Gasteiger charge is 2.22. The molecule has 1 atom stereocenters. The number of rotatable bonds is 14. The first kappa shape index (κ1) is 26.5. The number of benzene rings is 1. The molecule has 0 aliphatic carbocycles. The van der Waals surface area contributed by atoms with E-state index in [1.54, 1.807) is 0 Å². The van der Waals surface area contributed by atoms with Crippen LogP contribution >= 0.6 is 0 Å². The number of imidazole rings is 1. The van der Waals surface area contributed by atoms with Gasteiger partial charge >= 0.3 is 0 Å². The summed E-state index contributed by atoms with van der Waals surface area (Å²) in [6.45, 7) is 14.1.